The van der Waals surface area contributed by atoms with Crippen molar-refractivity contribution in [3.05, 3.63) is 78.4 Å². The molecule has 0 atom stereocenters. The molecule has 0 bridgehead atoms. The van der Waals surface area contributed by atoms with Crippen LogP contribution < -0.4 is 19.1 Å². The Morgan fingerprint density at radius 3 is 2.19 bits per heavy atom. The van der Waals surface area contributed by atoms with Crippen molar-refractivity contribution >= 4 is 22.1 Å². The van der Waals surface area contributed by atoms with Crippen LogP contribution in [0.25, 0.3) is 21.9 Å². The summed E-state index contributed by atoms with van der Waals surface area (Å²) in [5.74, 6) is 2.67. The van der Waals surface area contributed by atoms with Crippen molar-refractivity contribution in [3.63, 3.8) is 0 Å². The number of hydrogen-bond acceptors (Lipinski definition) is 5. The predicted octanol–water partition coefficient (Wildman–Crippen LogP) is 7.04. The van der Waals surface area contributed by atoms with E-state index in [0.29, 0.717) is 0 Å². The monoisotopic (exact) mass is 494 g/mol. The summed E-state index contributed by atoms with van der Waals surface area (Å²) in [6, 6.07) is 25.7. The summed E-state index contributed by atoms with van der Waals surface area (Å²) in [5.41, 5.74) is 6.09. The van der Waals surface area contributed by atoms with E-state index in [2.05, 4.69) is 70.5 Å². The Morgan fingerprint density at radius 1 is 0.703 bits per heavy atom. The molecule has 5 nitrogen and oxygen atoms in total. The zero-order chi connectivity index (χ0) is 25.2. The Balaban J connectivity index is 1.33. The van der Waals surface area contributed by atoms with Gasteiger partial charge >= 0.3 is 0 Å². The van der Waals surface area contributed by atoms with Crippen LogP contribution in [0.3, 0.4) is 0 Å². The number of benzene rings is 4. The van der Waals surface area contributed by atoms with Gasteiger partial charge in [-0.3, -0.25) is 4.90 Å². The standard InChI is InChI=1S/C32H34N2O3/c1-35-27-12-15-30-23(20-27)6-13-31-29-14-11-28(36-2)21-24(29)22-34(32(30)31)25-7-9-26(10-8-25)37-19-18-33-16-4-3-5-17-33/h6-15,20-21H,3-5,16-19,22H2,1-2H3. The van der Waals surface area contributed by atoms with Crippen LogP contribution in [0, 0.1) is 0 Å². The lowest BCUT2D eigenvalue weighted by Crippen LogP contribution is -2.33. The fraction of sp³-hybridized carbons (Fsp3) is 0.312. The molecule has 4 aromatic carbocycles. The average molecular weight is 495 g/mol. The third-order valence-electron chi connectivity index (χ3n) is 7.67. The number of ether oxygens (including phenoxy) is 3. The fourth-order valence-corrected chi connectivity index (χ4v) is 5.68. The first-order valence-electron chi connectivity index (χ1n) is 13.2. The highest BCUT2D eigenvalue weighted by Gasteiger charge is 2.26. The van der Waals surface area contributed by atoms with Gasteiger partial charge in [0.1, 0.15) is 23.9 Å². The molecule has 0 aromatic heterocycles. The van der Waals surface area contributed by atoms with Crippen LogP contribution in [-0.4, -0.2) is 45.4 Å². The molecule has 4 aromatic rings. The molecule has 0 N–H and O–H groups in total. The van der Waals surface area contributed by atoms with E-state index in [1.54, 1.807) is 14.2 Å². The quantitative estimate of drug-likeness (QED) is 0.275. The summed E-state index contributed by atoms with van der Waals surface area (Å²) in [6.07, 6.45) is 3.98. The third kappa shape index (κ3) is 4.72. The van der Waals surface area contributed by atoms with Crippen molar-refractivity contribution in [3.8, 4) is 28.4 Å². The molecule has 1 fully saturated rings. The van der Waals surface area contributed by atoms with E-state index < -0.39 is 0 Å². The maximum atomic E-state index is 6.11. The zero-order valence-corrected chi connectivity index (χ0v) is 21.7. The molecule has 6 rings (SSSR count). The van der Waals surface area contributed by atoms with E-state index in [1.807, 2.05) is 12.1 Å². The van der Waals surface area contributed by atoms with Crippen LogP contribution in [0.2, 0.25) is 0 Å². The zero-order valence-electron chi connectivity index (χ0n) is 21.7. The molecular formula is C32H34N2O3. The van der Waals surface area contributed by atoms with Gasteiger partial charge in [-0.05, 0) is 97.0 Å². The van der Waals surface area contributed by atoms with Crippen LogP contribution in [0.4, 0.5) is 11.4 Å². The van der Waals surface area contributed by atoms with Crippen molar-refractivity contribution in [1.82, 2.24) is 4.90 Å². The lowest BCUT2D eigenvalue weighted by molar-refractivity contribution is 0.183. The van der Waals surface area contributed by atoms with Crippen LogP contribution in [0.5, 0.6) is 17.2 Å². The fourth-order valence-electron chi connectivity index (χ4n) is 5.68. The molecule has 0 spiro atoms. The first kappa shape index (κ1) is 23.7. The summed E-state index contributed by atoms with van der Waals surface area (Å²) in [5, 5.41) is 2.37. The minimum absolute atomic E-state index is 0.728. The predicted molar refractivity (Wildman–Crippen MR) is 151 cm³/mol. The van der Waals surface area contributed by atoms with E-state index in [0.717, 1.165) is 48.0 Å². The van der Waals surface area contributed by atoms with Gasteiger partial charge in [-0.25, -0.2) is 0 Å². The van der Waals surface area contributed by atoms with E-state index in [-0.39, 0.29) is 0 Å². The molecule has 1 saturated heterocycles. The third-order valence-corrected chi connectivity index (χ3v) is 7.67. The molecule has 5 heteroatoms. The highest BCUT2D eigenvalue weighted by atomic mass is 16.5. The van der Waals surface area contributed by atoms with Gasteiger partial charge in [0.15, 0.2) is 0 Å². The maximum absolute atomic E-state index is 6.11. The number of anilines is 2. The molecule has 0 aliphatic carbocycles. The molecule has 2 aliphatic heterocycles. The molecule has 2 heterocycles. The van der Waals surface area contributed by atoms with Crippen molar-refractivity contribution < 1.29 is 14.2 Å². The van der Waals surface area contributed by atoms with E-state index in [9.17, 15) is 0 Å². The normalized spacial score (nSPS) is 15.2. The molecule has 190 valence electrons. The average Bonchev–Trinajstić information content (AvgIpc) is 2.96. The first-order chi connectivity index (χ1) is 18.2. The molecule has 37 heavy (non-hydrogen) atoms. The van der Waals surface area contributed by atoms with Crippen molar-refractivity contribution in [2.45, 2.75) is 25.8 Å². The second-order valence-corrected chi connectivity index (χ2v) is 9.90. The van der Waals surface area contributed by atoms with Gasteiger partial charge in [0.25, 0.3) is 0 Å². The largest absolute Gasteiger partial charge is 0.497 e. The van der Waals surface area contributed by atoms with E-state index in [1.165, 1.54) is 60.1 Å². The smallest absolute Gasteiger partial charge is 0.119 e. The van der Waals surface area contributed by atoms with Crippen molar-refractivity contribution in [2.24, 2.45) is 0 Å². The van der Waals surface area contributed by atoms with Crippen LogP contribution in [0.15, 0.2) is 72.8 Å². The number of hydrogen-bond donors (Lipinski definition) is 0. The molecule has 0 radical (unpaired) electrons. The number of fused-ring (bicyclic) bond motifs is 5. The van der Waals surface area contributed by atoms with Gasteiger partial charge in [0.2, 0.25) is 0 Å². The Labute approximate surface area is 219 Å². The topological polar surface area (TPSA) is 34.2 Å². The van der Waals surface area contributed by atoms with Gasteiger partial charge in [0.05, 0.1) is 19.9 Å². The van der Waals surface area contributed by atoms with Gasteiger partial charge in [0, 0.05) is 29.7 Å². The van der Waals surface area contributed by atoms with Gasteiger partial charge in [-0.2, -0.15) is 0 Å². The van der Waals surface area contributed by atoms with Gasteiger partial charge < -0.3 is 19.1 Å². The highest BCUT2D eigenvalue weighted by molar-refractivity contribution is 6.05. The second kappa shape index (κ2) is 10.3. The van der Waals surface area contributed by atoms with Crippen molar-refractivity contribution in [2.75, 3.05) is 45.4 Å². The number of piperidine rings is 1. The number of methoxy groups -OCH3 is 2. The second-order valence-electron chi connectivity index (χ2n) is 9.90. The lowest BCUT2D eigenvalue weighted by Gasteiger charge is -2.34. The minimum Gasteiger partial charge on any atom is -0.497 e. The summed E-state index contributed by atoms with van der Waals surface area (Å²) < 4.78 is 17.2. The number of nitrogens with zero attached hydrogens (tertiary/aromatic N) is 2. The number of rotatable bonds is 7. The van der Waals surface area contributed by atoms with E-state index in [4.69, 9.17) is 14.2 Å². The van der Waals surface area contributed by atoms with E-state index >= 15 is 0 Å². The summed E-state index contributed by atoms with van der Waals surface area (Å²) in [7, 11) is 3.44. The van der Waals surface area contributed by atoms with Crippen LogP contribution >= 0.6 is 0 Å². The van der Waals surface area contributed by atoms with Crippen LogP contribution in [0.1, 0.15) is 24.8 Å². The molecule has 0 saturated carbocycles. The Bertz CT molecular complexity index is 1390. The summed E-state index contributed by atoms with van der Waals surface area (Å²) >= 11 is 0. The number of likely N-dealkylation sites (tertiary alicyclic amines) is 1. The maximum Gasteiger partial charge on any atom is 0.119 e. The van der Waals surface area contributed by atoms with Gasteiger partial charge in [-0.1, -0.05) is 24.6 Å². The van der Waals surface area contributed by atoms with Gasteiger partial charge in [-0.15, -0.1) is 0 Å². The Kier molecular flexibility index (Phi) is 6.62. The van der Waals surface area contributed by atoms with Crippen molar-refractivity contribution in [1.29, 1.82) is 0 Å². The molecular weight excluding hydrogens is 460 g/mol. The Hall–Kier alpha value is -3.70. The highest BCUT2D eigenvalue weighted by Crippen LogP contribution is 2.47. The SMILES string of the molecule is COc1ccc2c(c1)CN(c1ccc(OCCN3CCCCC3)cc1)c1c-2ccc2cc(OC)ccc12. The molecule has 0 unspecified atom stereocenters. The molecule has 0 amide bonds. The van der Waals surface area contributed by atoms with Crippen LogP contribution in [-0.2, 0) is 6.54 Å². The Morgan fingerprint density at radius 2 is 1.41 bits per heavy atom. The minimum atomic E-state index is 0.728. The molecule has 2 aliphatic rings. The first-order valence-corrected chi connectivity index (χ1v) is 13.2. The summed E-state index contributed by atoms with van der Waals surface area (Å²) in [4.78, 5) is 4.91. The lowest BCUT2D eigenvalue weighted by atomic mass is 9.90. The summed E-state index contributed by atoms with van der Waals surface area (Å²) in [6.45, 7) is 4.88.